The second kappa shape index (κ2) is 3.49. The van der Waals surface area contributed by atoms with Crippen LogP contribution in [0.2, 0.25) is 0 Å². The summed E-state index contributed by atoms with van der Waals surface area (Å²) in [6.07, 6.45) is 2.86. The minimum Gasteiger partial charge on any atom is -0.487 e. The van der Waals surface area contributed by atoms with Crippen molar-refractivity contribution < 1.29 is 9.84 Å². The first-order valence-corrected chi connectivity index (χ1v) is 6.12. The average Bonchev–Trinajstić information content (AvgIpc) is 2.57. The zero-order valence-corrected chi connectivity index (χ0v) is 9.86. The summed E-state index contributed by atoms with van der Waals surface area (Å²) in [6.45, 7) is 4.24. The minimum atomic E-state index is -0.286. The van der Waals surface area contributed by atoms with Gasteiger partial charge >= 0.3 is 0 Å². The fourth-order valence-electron chi connectivity index (χ4n) is 3.27. The summed E-state index contributed by atoms with van der Waals surface area (Å²) in [4.78, 5) is 0. The Labute approximate surface area is 96.2 Å². The second-order valence-electron chi connectivity index (χ2n) is 5.18. The van der Waals surface area contributed by atoms with E-state index >= 15 is 0 Å². The molecule has 1 aromatic rings. The van der Waals surface area contributed by atoms with Crippen molar-refractivity contribution in [1.82, 2.24) is 0 Å². The molecule has 1 aliphatic heterocycles. The standard InChI is InChI=1S/C14H18O2/c1-8-6-9(2)13-10-4-3-5-11(15)14(10)16-12(13)7-8/h6-7,10-11,14-15H,3-5H2,1-2H3. The summed E-state index contributed by atoms with van der Waals surface area (Å²) in [6, 6.07) is 4.32. The molecule has 0 radical (unpaired) electrons. The lowest BCUT2D eigenvalue weighted by Crippen LogP contribution is -2.36. The van der Waals surface area contributed by atoms with Crippen LogP contribution < -0.4 is 4.74 Å². The summed E-state index contributed by atoms with van der Waals surface area (Å²) in [5, 5.41) is 9.99. The molecule has 2 aliphatic rings. The van der Waals surface area contributed by atoms with Crippen LogP contribution in [0.4, 0.5) is 0 Å². The van der Waals surface area contributed by atoms with Crippen LogP contribution in [0.1, 0.15) is 41.9 Å². The van der Waals surface area contributed by atoms with Crippen molar-refractivity contribution in [2.24, 2.45) is 0 Å². The number of hydrogen-bond donors (Lipinski definition) is 1. The van der Waals surface area contributed by atoms with E-state index in [0.29, 0.717) is 5.92 Å². The quantitative estimate of drug-likeness (QED) is 0.725. The van der Waals surface area contributed by atoms with Crippen LogP contribution >= 0.6 is 0 Å². The van der Waals surface area contributed by atoms with E-state index < -0.39 is 0 Å². The van der Waals surface area contributed by atoms with Crippen molar-refractivity contribution in [3.8, 4) is 5.75 Å². The Bertz CT molecular complexity index is 425. The average molecular weight is 218 g/mol. The van der Waals surface area contributed by atoms with Crippen molar-refractivity contribution in [2.75, 3.05) is 0 Å². The molecule has 3 unspecified atom stereocenters. The van der Waals surface area contributed by atoms with Gasteiger partial charge in [-0.1, -0.05) is 6.07 Å². The highest BCUT2D eigenvalue weighted by Gasteiger charge is 2.42. The first-order chi connectivity index (χ1) is 7.66. The van der Waals surface area contributed by atoms with Gasteiger partial charge in [0.25, 0.3) is 0 Å². The van der Waals surface area contributed by atoms with Crippen LogP contribution in [0.5, 0.6) is 5.75 Å². The van der Waals surface area contributed by atoms with E-state index in [4.69, 9.17) is 4.74 Å². The number of aliphatic hydroxyl groups excluding tert-OH is 1. The van der Waals surface area contributed by atoms with Crippen LogP contribution in [0, 0.1) is 13.8 Å². The van der Waals surface area contributed by atoms with Crippen LogP contribution in [-0.4, -0.2) is 17.3 Å². The minimum absolute atomic E-state index is 0.00394. The number of fused-ring (bicyclic) bond motifs is 3. The molecule has 0 bridgehead atoms. The zero-order chi connectivity index (χ0) is 11.3. The Morgan fingerprint density at radius 2 is 2.06 bits per heavy atom. The molecule has 2 heteroatoms. The van der Waals surface area contributed by atoms with Gasteiger partial charge in [-0.05, 0) is 50.3 Å². The second-order valence-corrected chi connectivity index (χ2v) is 5.18. The van der Waals surface area contributed by atoms with Crippen LogP contribution in [0.3, 0.4) is 0 Å². The maximum atomic E-state index is 9.99. The predicted octanol–water partition coefficient (Wildman–Crippen LogP) is 2.69. The molecule has 0 saturated heterocycles. The maximum Gasteiger partial charge on any atom is 0.131 e. The molecule has 1 heterocycles. The van der Waals surface area contributed by atoms with E-state index in [1.54, 1.807) is 0 Å². The SMILES string of the molecule is Cc1cc(C)c2c(c1)OC1C(O)CCCC21. The molecule has 16 heavy (non-hydrogen) atoms. The van der Waals surface area contributed by atoms with Gasteiger partial charge in [0.05, 0.1) is 6.10 Å². The van der Waals surface area contributed by atoms with Gasteiger partial charge in [0.1, 0.15) is 11.9 Å². The summed E-state index contributed by atoms with van der Waals surface area (Å²) in [5.41, 5.74) is 3.90. The Balaban J connectivity index is 2.07. The highest BCUT2D eigenvalue weighted by atomic mass is 16.5. The topological polar surface area (TPSA) is 29.5 Å². The molecular formula is C14H18O2. The van der Waals surface area contributed by atoms with Crippen molar-refractivity contribution in [2.45, 2.75) is 51.2 Å². The molecule has 1 fully saturated rings. The summed E-state index contributed by atoms with van der Waals surface area (Å²) in [7, 11) is 0. The fraction of sp³-hybridized carbons (Fsp3) is 0.571. The molecule has 0 spiro atoms. The molecular weight excluding hydrogens is 200 g/mol. The summed E-state index contributed by atoms with van der Waals surface area (Å²) >= 11 is 0. The molecule has 1 aliphatic carbocycles. The summed E-state index contributed by atoms with van der Waals surface area (Å²) < 4.78 is 5.93. The lowest BCUT2D eigenvalue weighted by atomic mass is 9.80. The van der Waals surface area contributed by atoms with Crippen molar-refractivity contribution in [1.29, 1.82) is 0 Å². The highest BCUT2D eigenvalue weighted by Crippen LogP contribution is 2.47. The van der Waals surface area contributed by atoms with E-state index in [0.717, 1.165) is 25.0 Å². The molecule has 86 valence electrons. The van der Waals surface area contributed by atoms with Gasteiger partial charge in [-0.3, -0.25) is 0 Å². The van der Waals surface area contributed by atoms with E-state index in [1.165, 1.54) is 16.7 Å². The molecule has 1 N–H and O–H groups in total. The Morgan fingerprint density at radius 3 is 2.88 bits per heavy atom. The lowest BCUT2D eigenvalue weighted by molar-refractivity contribution is 0.00929. The van der Waals surface area contributed by atoms with Crippen LogP contribution in [0.15, 0.2) is 12.1 Å². The monoisotopic (exact) mass is 218 g/mol. The van der Waals surface area contributed by atoms with Crippen molar-refractivity contribution in [3.63, 3.8) is 0 Å². The van der Waals surface area contributed by atoms with E-state index in [-0.39, 0.29) is 12.2 Å². The molecule has 3 rings (SSSR count). The van der Waals surface area contributed by atoms with Gasteiger partial charge in [0.2, 0.25) is 0 Å². The van der Waals surface area contributed by atoms with Crippen molar-refractivity contribution >= 4 is 0 Å². The van der Waals surface area contributed by atoms with Gasteiger partial charge in [-0.15, -0.1) is 0 Å². The number of ether oxygens (including phenoxy) is 1. The predicted molar refractivity (Wildman–Crippen MR) is 62.9 cm³/mol. The smallest absolute Gasteiger partial charge is 0.131 e. The van der Waals surface area contributed by atoms with Gasteiger partial charge in [-0.25, -0.2) is 0 Å². The van der Waals surface area contributed by atoms with Crippen LogP contribution in [0.25, 0.3) is 0 Å². The molecule has 1 saturated carbocycles. The van der Waals surface area contributed by atoms with Gasteiger partial charge in [-0.2, -0.15) is 0 Å². The normalized spacial score (nSPS) is 31.8. The Hall–Kier alpha value is -1.02. The maximum absolute atomic E-state index is 9.99. The zero-order valence-electron chi connectivity index (χ0n) is 9.86. The van der Waals surface area contributed by atoms with Gasteiger partial charge < -0.3 is 9.84 Å². The molecule has 2 nitrogen and oxygen atoms in total. The van der Waals surface area contributed by atoms with Gasteiger partial charge in [0.15, 0.2) is 0 Å². The molecule has 0 aromatic heterocycles. The fourth-order valence-corrected chi connectivity index (χ4v) is 3.27. The number of aryl methyl sites for hydroxylation is 2. The molecule has 3 atom stereocenters. The third-order valence-electron chi connectivity index (χ3n) is 3.92. The third-order valence-corrected chi connectivity index (χ3v) is 3.92. The number of hydrogen-bond acceptors (Lipinski definition) is 2. The number of aliphatic hydroxyl groups is 1. The molecule has 0 amide bonds. The van der Waals surface area contributed by atoms with Crippen LogP contribution in [-0.2, 0) is 0 Å². The Morgan fingerprint density at radius 1 is 1.25 bits per heavy atom. The number of benzene rings is 1. The van der Waals surface area contributed by atoms with E-state index in [9.17, 15) is 5.11 Å². The first-order valence-electron chi connectivity index (χ1n) is 6.12. The third kappa shape index (κ3) is 1.36. The van der Waals surface area contributed by atoms with Crippen molar-refractivity contribution in [3.05, 3.63) is 28.8 Å². The first kappa shape index (κ1) is 10.2. The largest absolute Gasteiger partial charge is 0.487 e. The Kier molecular flexibility index (Phi) is 2.21. The van der Waals surface area contributed by atoms with E-state index in [2.05, 4.69) is 26.0 Å². The number of rotatable bonds is 0. The van der Waals surface area contributed by atoms with Gasteiger partial charge in [0, 0.05) is 11.5 Å². The lowest BCUT2D eigenvalue weighted by Gasteiger charge is -2.29. The summed E-state index contributed by atoms with van der Waals surface area (Å²) in [5.74, 6) is 1.42. The highest BCUT2D eigenvalue weighted by molar-refractivity contribution is 5.49. The molecule has 1 aromatic carbocycles. The van der Waals surface area contributed by atoms with E-state index in [1.807, 2.05) is 0 Å².